The van der Waals surface area contributed by atoms with Crippen LogP contribution in [0.15, 0.2) is 10.5 Å². The molecular weight excluding hydrogens is 302 g/mol. The second-order valence-corrected chi connectivity index (χ2v) is 6.25. The minimum absolute atomic E-state index is 0.248. The molecule has 0 atom stereocenters. The van der Waals surface area contributed by atoms with Crippen molar-refractivity contribution in [1.82, 2.24) is 24.4 Å². The number of methoxy groups -OCH3 is 1. The van der Waals surface area contributed by atoms with Gasteiger partial charge in [0.1, 0.15) is 5.69 Å². The SMILES string of the molecule is COCCn1c(-c2csnn2)nnc1S(=O)(=O)Cl. The van der Waals surface area contributed by atoms with E-state index < -0.39 is 9.05 Å². The van der Waals surface area contributed by atoms with E-state index in [-0.39, 0.29) is 11.7 Å². The lowest BCUT2D eigenvalue weighted by atomic mass is 10.4. The van der Waals surface area contributed by atoms with Crippen molar-refractivity contribution >= 4 is 31.3 Å². The first-order valence-corrected chi connectivity index (χ1v) is 7.83. The smallest absolute Gasteiger partial charge is 0.296 e. The highest BCUT2D eigenvalue weighted by Crippen LogP contribution is 2.21. The Kier molecular flexibility index (Phi) is 3.90. The molecule has 0 aliphatic heterocycles. The van der Waals surface area contributed by atoms with Gasteiger partial charge in [0.15, 0.2) is 5.82 Å². The van der Waals surface area contributed by atoms with Crippen LogP contribution in [0.3, 0.4) is 0 Å². The molecular formula is C7H8ClN5O3S2. The molecule has 11 heteroatoms. The molecule has 0 aliphatic rings. The largest absolute Gasteiger partial charge is 0.383 e. The molecule has 0 N–H and O–H groups in total. The maximum atomic E-state index is 11.4. The van der Waals surface area contributed by atoms with Crippen LogP contribution in [0.5, 0.6) is 0 Å². The van der Waals surface area contributed by atoms with Gasteiger partial charge >= 0.3 is 0 Å². The van der Waals surface area contributed by atoms with Gasteiger partial charge in [0, 0.05) is 23.2 Å². The third-order valence-corrected chi connectivity index (χ3v) is 3.70. The van der Waals surface area contributed by atoms with Crippen molar-refractivity contribution in [3.8, 4) is 11.5 Å². The molecule has 2 heterocycles. The van der Waals surface area contributed by atoms with Crippen LogP contribution in [0.25, 0.3) is 11.5 Å². The molecule has 2 aromatic rings. The molecule has 0 radical (unpaired) electrons. The standard InChI is InChI=1S/C7H8ClN5O3S2/c1-16-3-2-13-6(5-4-17-12-9-5)10-11-7(13)18(8,14)15/h4H,2-3H2,1H3. The van der Waals surface area contributed by atoms with Crippen molar-refractivity contribution in [2.45, 2.75) is 11.7 Å². The average molecular weight is 310 g/mol. The molecule has 0 bridgehead atoms. The summed E-state index contributed by atoms with van der Waals surface area (Å²) in [7, 11) is 2.82. The van der Waals surface area contributed by atoms with Crippen LogP contribution in [0.2, 0.25) is 0 Å². The highest BCUT2D eigenvalue weighted by Gasteiger charge is 2.24. The van der Waals surface area contributed by atoms with Crippen molar-refractivity contribution in [3.63, 3.8) is 0 Å². The van der Waals surface area contributed by atoms with Crippen LogP contribution in [-0.2, 0) is 20.3 Å². The maximum absolute atomic E-state index is 11.4. The molecule has 2 aromatic heterocycles. The molecule has 8 nitrogen and oxygen atoms in total. The second kappa shape index (κ2) is 5.26. The van der Waals surface area contributed by atoms with E-state index in [0.29, 0.717) is 18.1 Å². The average Bonchev–Trinajstić information content (AvgIpc) is 2.93. The van der Waals surface area contributed by atoms with E-state index in [4.69, 9.17) is 15.4 Å². The highest BCUT2D eigenvalue weighted by molar-refractivity contribution is 8.13. The lowest BCUT2D eigenvalue weighted by Crippen LogP contribution is -2.11. The van der Waals surface area contributed by atoms with Crippen molar-refractivity contribution in [3.05, 3.63) is 5.38 Å². The molecule has 0 unspecified atom stereocenters. The molecule has 0 aliphatic carbocycles. The minimum atomic E-state index is -3.97. The van der Waals surface area contributed by atoms with Gasteiger partial charge in [-0.15, -0.1) is 15.3 Å². The summed E-state index contributed by atoms with van der Waals surface area (Å²) >= 11 is 1.13. The van der Waals surface area contributed by atoms with E-state index in [1.807, 2.05) is 0 Å². The van der Waals surface area contributed by atoms with E-state index in [0.717, 1.165) is 11.5 Å². The summed E-state index contributed by atoms with van der Waals surface area (Å²) in [4.78, 5) is 0. The fourth-order valence-corrected chi connectivity index (χ4v) is 2.66. The summed E-state index contributed by atoms with van der Waals surface area (Å²) in [5.74, 6) is 0.292. The van der Waals surface area contributed by atoms with Crippen LogP contribution in [0.4, 0.5) is 0 Å². The number of hydrogen-bond acceptors (Lipinski definition) is 8. The van der Waals surface area contributed by atoms with Gasteiger partial charge in [0.25, 0.3) is 14.2 Å². The Labute approximate surface area is 111 Å². The van der Waals surface area contributed by atoms with Gasteiger partial charge in [-0.1, -0.05) is 4.49 Å². The fraction of sp³-hybridized carbons (Fsp3) is 0.429. The first-order chi connectivity index (χ1) is 8.54. The summed E-state index contributed by atoms with van der Waals surface area (Å²) in [5, 5.41) is 12.5. The van der Waals surface area contributed by atoms with Gasteiger partial charge in [-0.2, -0.15) is 0 Å². The summed E-state index contributed by atoms with van der Waals surface area (Å²) in [6.45, 7) is 0.541. The van der Waals surface area contributed by atoms with E-state index >= 15 is 0 Å². The number of halogens is 1. The van der Waals surface area contributed by atoms with Crippen molar-refractivity contribution in [1.29, 1.82) is 0 Å². The summed E-state index contributed by atoms with van der Waals surface area (Å²) in [5.41, 5.74) is 0.440. The first-order valence-electron chi connectivity index (χ1n) is 4.68. The normalized spacial score (nSPS) is 11.9. The molecule has 98 valence electrons. The zero-order chi connectivity index (χ0) is 13.2. The molecule has 0 spiro atoms. The third-order valence-electron chi connectivity index (χ3n) is 2.04. The molecule has 0 amide bonds. The Balaban J connectivity index is 2.51. The molecule has 18 heavy (non-hydrogen) atoms. The number of ether oxygens (including phenoxy) is 1. The van der Waals surface area contributed by atoms with Gasteiger partial charge in [-0.3, -0.25) is 4.57 Å². The Hall–Kier alpha value is -1.10. The summed E-state index contributed by atoms with van der Waals surface area (Å²) < 4.78 is 32.7. The van der Waals surface area contributed by atoms with Gasteiger partial charge in [0.05, 0.1) is 13.2 Å². The van der Waals surface area contributed by atoms with Crippen LogP contribution in [0.1, 0.15) is 0 Å². The summed E-state index contributed by atoms with van der Waals surface area (Å²) in [6.07, 6.45) is 0. The predicted octanol–water partition coefficient (Wildman–Crippen LogP) is 0.371. The first kappa shape index (κ1) is 13.3. The highest BCUT2D eigenvalue weighted by atomic mass is 35.7. The molecule has 0 saturated carbocycles. The molecule has 0 aromatic carbocycles. The molecule has 0 saturated heterocycles. The molecule has 0 fully saturated rings. The number of hydrogen-bond donors (Lipinski definition) is 0. The van der Waals surface area contributed by atoms with E-state index in [1.54, 1.807) is 5.38 Å². The monoisotopic (exact) mass is 309 g/mol. The Morgan fingerprint density at radius 2 is 2.22 bits per heavy atom. The zero-order valence-electron chi connectivity index (χ0n) is 9.15. The second-order valence-electron chi connectivity index (χ2n) is 3.18. The van der Waals surface area contributed by atoms with Crippen molar-refractivity contribution < 1.29 is 13.2 Å². The van der Waals surface area contributed by atoms with E-state index in [9.17, 15) is 8.42 Å². The van der Waals surface area contributed by atoms with Crippen LogP contribution in [-0.4, -0.2) is 46.5 Å². The maximum Gasteiger partial charge on any atom is 0.296 e. The minimum Gasteiger partial charge on any atom is -0.383 e. The third kappa shape index (κ3) is 2.66. The van der Waals surface area contributed by atoms with Crippen LogP contribution in [0, 0.1) is 0 Å². The van der Waals surface area contributed by atoms with Crippen LogP contribution >= 0.6 is 22.2 Å². The Morgan fingerprint density at radius 1 is 1.44 bits per heavy atom. The topological polar surface area (TPSA) is 99.9 Å². The van der Waals surface area contributed by atoms with Crippen molar-refractivity contribution in [2.75, 3.05) is 13.7 Å². The number of aromatic nitrogens is 5. The van der Waals surface area contributed by atoms with Crippen LogP contribution < -0.4 is 0 Å². The lowest BCUT2D eigenvalue weighted by molar-refractivity contribution is 0.185. The Bertz CT molecular complexity index is 624. The van der Waals surface area contributed by atoms with Gasteiger partial charge < -0.3 is 4.74 Å². The summed E-state index contributed by atoms with van der Waals surface area (Å²) in [6, 6.07) is 0. The fourth-order valence-electron chi connectivity index (χ4n) is 1.30. The molecule has 2 rings (SSSR count). The number of rotatable bonds is 5. The number of nitrogens with zero attached hydrogens (tertiary/aromatic N) is 5. The zero-order valence-corrected chi connectivity index (χ0v) is 11.5. The Morgan fingerprint density at radius 3 is 2.78 bits per heavy atom. The van der Waals surface area contributed by atoms with Gasteiger partial charge in [0.2, 0.25) is 0 Å². The van der Waals surface area contributed by atoms with Crippen molar-refractivity contribution in [2.24, 2.45) is 0 Å². The predicted molar refractivity (Wildman–Crippen MR) is 63.8 cm³/mol. The van der Waals surface area contributed by atoms with Gasteiger partial charge in [-0.25, -0.2) is 8.42 Å². The van der Waals surface area contributed by atoms with E-state index in [2.05, 4.69) is 19.8 Å². The lowest BCUT2D eigenvalue weighted by Gasteiger charge is -2.06. The van der Waals surface area contributed by atoms with E-state index in [1.165, 1.54) is 11.7 Å². The quantitative estimate of drug-likeness (QED) is 0.735. The van der Waals surface area contributed by atoms with Gasteiger partial charge in [-0.05, 0) is 11.5 Å².